The maximum absolute atomic E-state index is 13.0. The van der Waals surface area contributed by atoms with Crippen LogP contribution < -0.4 is 21.7 Å². The fraction of sp³-hybridized carbons (Fsp3) is 0.641. The number of H-pyrrole nitrogens is 1. The maximum Gasteiger partial charge on any atom is 0.410 e. The smallest absolute Gasteiger partial charge is 0.410 e. The van der Waals surface area contributed by atoms with Gasteiger partial charge in [0.25, 0.3) is 0 Å². The van der Waals surface area contributed by atoms with Crippen LogP contribution in [-0.2, 0) is 35.1 Å². The largest absolute Gasteiger partial charge is 0.444 e. The molecule has 0 aliphatic rings. The van der Waals surface area contributed by atoms with Crippen molar-refractivity contribution >= 4 is 46.7 Å². The number of unbranched alkanes of at least 4 members (excludes halogenated alkanes) is 3. The highest BCUT2D eigenvalue weighted by Gasteiger charge is 2.25. The zero-order chi connectivity index (χ0) is 42.4. The van der Waals surface area contributed by atoms with Crippen molar-refractivity contribution in [3.63, 3.8) is 0 Å². The first-order valence-electron chi connectivity index (χ1n) is 19.5. The monoisotopic (exact) mass is 798 g/mol. The molecule has 18 nitrogen and oxygen atoms in total. The van der Waals surface area contributed by atoms with E-state index in [4.69, 9.17) is 20.7 Å². The SMILES string of the molecule is CC(C)(C)OC(=O)N(CCCCN(CCC(=O)NCCCCCNC(=O)[C@H](CC(N)=O)NC(=O)Cc1c[nH]c2ccccc12)C(=O)OC(C)(C)C)CCCN=[N+]=[N-]. The molecular formula is C39H62N10O8. The second-order valence-corrected chi connectivity index (χ2v) is 15.7. The van der Waals surface area contributed by atoms with Gasteiger partial charge in [-0.05, 0) is 97.2 Å². The maximum atomic E-state index is 13.0. The number of para-hydroxylation sites is 1. The third-order valence-electron chi connectivity index (χ3n) is 8.33. The fourth-order valence-corrected chi connectivity index (χ4v) is 5.64. The number of ether oxygens (including phenoxy) is 2. The van der Waals surface area contributed by atoms with Gasteiger partial charge in [0.1, 0.15) is 17.2 Å². The molecule has 0 unspecified atom stereocenters. The van der Waals surface area contributed by atoms with E-state index in [1.54, 1.807) is 52.6 Å². The number of aromatic nitrogens is 1. The molecule has 6 N–H and O–H groups in total. The Labute approximate surface area is 334 Å². The molecule has 6 amide bonds. The van der Waals surface area contributed by atoms with Crippen molar-refractivity contribution in [1.29, 1.82) is 0 Å². The Kier molecular flexibility index (Phi) is 20.2. The van der Waals surface area contributed by atoms with E-state index in [1.807, 2.05) is 24.3 Å². The van der Waals surface area contributed by atoms with Crippen molar-refractivity contribution in [3.8, 4) is 0 Å². The van der Waals surface area contributed by atoms with Gasteiger partial charge in [-0.15, -0.1) is 0 Å². The van der Waals surface area contributed by atoms with Crippen LogP contribution in [0.4, 0.5) is 9.59 Å². The average molecular weight is 799 g/mol. The number of rotatable bonds is 24. The van der Waals surface area contributed by atoms with Crippen molar-refractivity contribution in [1.82, 2.24) is 30.7 Å². The normalized spacial score (nSPS) is 11.8. The predicted octanol–water partition coefficient (Wildman–Crippen LogP) is 4.82. The molecule has 0 radical (unpaired) electrons. The van der Waals surface area contributed by atoms with E-state index in [0.29, 0.717) is 71.2 Å². The lowest BCUT2D eigenvalue weighted by atomic mass is 10.1. The quantitative estimate of drug-likeness (QED) is 0.0425. The van der Waals surface area contributed by atoms with Crippen molar-refractivity contribution in [3.05, 3.63) is 46.5 Å². The number of fused-ring (bicyclic) bond motifs is 1. The Morgan fingerprint density at radius 1 is 0.807 bits per heavy atom. The molecule has 0 saturated carbocycles. The second kappa shape index (κ2) is 24.2. The van der Waals surface area contributed by atoms with Crippen molar-refractivity contribution in [2.75, 3.05) is 45.8 Å². The van der Waals surface area contributed by atoms with Crippen LogP contribution in [0.5, 0.6) is 0 Å². The number of hydrogen-bond acceptors (Lipinski definition) is 9. The minimum absolute atomic E-state index is 0.0245. The lowest BCUT2D eigenvalue weighted by Gasteiger charge is -2.29. The van der Waals surface area contributed by atoms with E-state index in [2.05, 4.69) is 31.0 Å². The number of nitrogens with one attached hydrogen (secondary N) is 4. The molecule has 1 aromatic carbocycles. The molecule has 0 aliphatic heterocycles. The number of aromatic amines is 1. The summed E-state index contributed by atoms with van der Waals surface area (Å²) in [5.41, 5.74) is 14.2. The second-order valence-electron chi connectivity index (χ2n) is 15.7. The van der Waals surface area contributed by atoms with Crippen LogP contribution in [0.15, 0.2) is 35.6 Å². The summed E-state index contributed by atoms with van der Waals surface area (Å²) in [6.07, 6.45) is 3.97. The van der Waals surface area contributed by atoms with E-state index in [1.165, 1.54) is 4.90 Å². The minimum Gasteiger partial charge on any atom is -0.444 e. The summed E-state index contributed by atoms with van der Waals surface area (Å²) in [5.74, 6) is -1.87. The Balaban J connectivity index is 1.76. The third kappa shape index (κ3) is 20.3. The first kappa shape index (κ1) is 47.6. The van der Waals surface area contributed by atoms with E-state index < -0.39 is 47.2 Å². The molecule has 1 heterocycles. The molecule has 0 fully saturated rings. The van der Waals surface area contributed by atoms with Gasteiger partial charge in [-0.1, -0.05) is 23.3 Å². The van der Waals surface area contributed by atoms with Gasteiger partial charge in [-0.25, -0.2) is 9.59 Å². The first-order chi connectivity index (χ1) is 26.9. The molecule has 57 heavy (non-hydrogen) atoms. The summed E-state index contributed by atoms with van der Waals surface area (Å²) >= 11 is 0. The first-order valence-corrected chi connectivity index (χ1v) is 19.5. The van der Waals surface area contributed by atoms with Crippen LogP contribution >= 0.6 is 0 Å². The highest BCUT2D eigenvalue weighted by atomic mass is 16.6. The number of carbonyl (C=O) groups excluding carboxylic acids is 6. The van der Waals surface area contributed by atoms with E-state index in [0.717, 1.165) is 16.5 Å². The predicted molar refractivity (Wildman–Crippen MR) is 216 cm³/mol. The number of carbonyl (C=O) groups is 6. The molecule has 316 valence electrons. The Morgan fingerprint density at radius 3 is 1.98 bits per heavy atom. The third-order valence-corrected chi connectivity index (χ3v) is 8.33. The molecule has 0 bridgehead atoms. The number of amides is 6. The highest BCUT2D eigenvalue weighted by Crippen LogP contribution is 2.18. The van der Waals surface area contributed by atoms with Crippen LogP contribution in [0.25, 0.3) is 21.3 Å². The summed E-state index contributed by atoms with van der Waals surface area (Å²) in [5, 5.41) is 12.7. The highest BCUT2D eigenvalue weighted by molar-refractivity contribution is 5.94. The van der Waals surface area contributed by atoms with Gasteiger partial charge in [-0.2, -0.15) is 0 Å². The van der Waals surface area contributed by atoms with E-state index >= 15 is 0 Å². The lowest BCUT2D eigenvalue weighted by Crippen LogP contribution is -2.49. The van der Waals surface area contributed by atoms with Gasteiger partial charge in [0, 0.05) is 74.2 Å². The van der Waals surface area contributed by atoms with E-state index in [9.17, 15) is 28.8 Å². The van der Waals surface area contributed by atoms with Crippen molar-refractivity contribution < 1.29 is 38.2 Å². The van der Waals surface area contributed by atoms with Gasteiger partial charge in [-0.3, -0.25) is 19.2 Å². The summed E-state index contributed by atoms with van der Waals surface area (Å²) in [6.45, 7) is 12.8. The van der Waals surface area contributed by atoms with Gasteiger partial charge in [0.2, 0.25) is 23.6 Å². The summed E-state index contributed by atoms with van der Waals surface area (Å²) < 4.78 is 11.1. The number of hydrogen-bond donors (Lipinski definition) is 5. The standard InChI is InChI=1S/C39H62N10O8/c1-38(2,3)56-36(54)48(23-14-20-45-47-41)21-12-13-22-49(37(55)57-39(4,5)6)24-17-33(51)42-18-10-7-11-19-43-35(53)31(26-32(40)50)46-34(52)25-28-27-44-30-16-9-8-15-29(28)30/h8-9,15-16,27,31,44H,7,10-14,17-26H2,1-6H3,(H2,40,50)(H,42,51)(H,43,53)(H,46,52)/t31-/m0/s1. The number of azide groups is 1. The van der Waals surface area contributed by atoms with Crippen molar-refractivity contribution in [2.45, 2.75) is 117 Å². The molecule has 0 saturated heterocycles. The molecule has 2 aromatic rings. The number of primary amides is 1. The molecule has 0 aliphatic carbocycles. The Morgan fingerprint density at radius 2 is 1.39 bits per heavy atom. The molecular weight excluding hydrogens is 736 g/mol. The summed E-state index contributed by atoms with van der Waals surface area (Å²) in [6, 6.07) is 6.44. The van der Waals surface area contributed by atoms with E-state index in [-0.39, 0.29) is 38.3 Å². The molecule has 0 spiro atoms. The Hall–Kier alpha value is -5.51. The van der Waals surface area contributed by atoms with Gasteiger partial charge < -0.3 is 45.9 Å². The average Bonchev–Trinajstić information content (AvgIpc) is 3.51. The molecule has 18 heteroatoms. The molecule has 1 atom stereocenters. The Bertz CT molecular complexity index is 1680. The van der Waals surface area contributed by atoms with Crippen LogP contribution in [-0.4, -0.2) is 114 Å². The van der Waals surface area contributed by atoms with Gasteiger partial charge in [0.05, 0.1) is 12.8 Å². The fourth-order valence-electron chi connectivity index (χ4n) is 5.64. The zero-order valence-corrected chi connectivity index (χ0v) is 34.4. The van der Waals surface area contributed by atoms with Crippen LogP contribution in [0.1, 0.15) is 98.5 Å². The van der Waals surface area contributed by atoms with Crippen molar-refractivity contribution in [2.24, 2.45) is 10.8 Å². The molecule has 1 aromatic heterocycles. The number of benzene rings is 1. The summed E-state index contributed by atoms with van der Waals surface area (Å²) in [4.78, 5) is 84.6. The number of nitrogens with zero attached hydrogens (tertiary/aromatic N) is 5. The summed E-state index contributed by atoms with van der Waals surface area (Å²) in [7, 11) is 0. The van der Waals surface area contributed by atoms with Crippen LogP contribution in [0, 0.1) is 0 Å². The van der Waals surface area contributed by atoms with Crippen LogP contribution in [0.3, 0.4) is 0 Å². The minimum atomic E-state index is -1.10. The molecule has 2 rings (SSSR count). The van der Waals surface area contributed by atoms with Gasteiger partial charge in [0.15, 0.2) is 0 Å². The topological polar surface area (TPSA) is 254 Å². The lowest BCUT2D eigenvalue weighted by molar-refractivity contribution is -0.131. The number of nitrogens with two attached hydrogens (primary N) is 1. The zero-order valence-electron chi connectivity index (χ0n) is 34.4. The van der Waals surface area contributed by atoms with Crippen LogP contribution in [0.2, 0.25) is 0 Å². The van der Waals surface area contributed by atoms with Gasteiger partial charge >= 0.3 is 12.2 Å².